The number of thioether (sulfide) groups is 1. The van der Waals surface area contributed by atoms with Crippen LogP contribution in [-0.4, -0.2) is 16.9 Å². The van der Waals surface area contributed by atoms with Gasteiger partial charge < -0.3 is 10.6 Å². The maximum Gasteiger partial charge on any atom is 0.288 e. The maximum absolute atomic E-state index is 12.2. The second-order valence-electron chi connectivity index (χ2n) is 5.37. The lowest BCUT2D eigenvalue weighted by Crippen LogP contribution is -2.36. The standard InChI is InChI=1S/C15H22F2N2S2/c1-10(2)4-5-11(3)18-15(20)19-12-6-8-13(9-7-12)21-14(16)17/h6-11,14H,4-5H2,1-3H3,(H2,18,19,20). The van der Waals surface area contributed by atoms with Gasteiger partial charge in [0.2, 0.25) is 0 Å². The summed E-state index contributed by atoms with van der Waals surface area (Å²) in [6.45, 7) is 6.49. The highest BCUT2D eigenvalue weighted by atomic mass is 32.2. The average Bonchev–Trinajstić information content (AvgIpc) is 2.38. The summed E-state index contributed by atoms with van der Waals surface area (Å²) in [7, 11) is 0. The predicted octanol–water partition coefficient (Wildman–Crippen LogP) is 5.11. The fraction of sp³-hybridized carbons (Fsp3) is 0.533. The first-order valence-corrected chi connectivity index (χ1v) is 8.28. The van der Waals surface area contributed by atoms with Crippen molar-refractivity contribution in [3.05, 3.63) is 24.3 Å². The SMILES string of the molecule is CC(C)CCC(C)NC(=S)Nc1ccc(SC(F)F)cc1. The molecule has 6 heteroatoms. The van der Waals surface area contributed by atoms with Crippen LogP contribution in [0.25, 0.3) is 0 Å². The van der Waals surface area contributed by atoms with Crippen LogP contribution in [0.5, 0.6) is 0 Å². The quantitative estimate of drug-likeness (QED) is 0.535. The number of alkyl halides is 2. The van der Waals surface area contributed by atoms with Gasteiger partial charge in [-0.25, -0.2) is 0 Å². The second kappa shape index (κ2) is 9.20. The van der Waals surface area contributed by atoms with Gasteiger partial charge in [0.15, 0.2) is 5.11 Å². The van der Waals surface area contributed by atoms with E-state index in [0.717, 1.165) is 18.5 Å². The third-order valence-corrected chi connectivity index (χ3v) is 3.83. The van der Waals surface area contributed by atoms with E-state index in [1.807, 2.05) is 0 Å². The third kappa shape index (κ3) is 8.21. The van der Waals surface area contributed by atoms with Gasteiger partial charge >= 0.3 is 0 Å². The molecule has 0 heterocycles. The van der Waals surface area contributed by atoms with Gasteiger partial charge in [-0.1, -0.05) is 25.6 Å². The highest BCUT2D eigenvalue weighted by molar-refractivity contribution is 7.99. The first-order valence-electron chi connectivity index (χ1n) is 6.99. The highest BCUT2D eigenvalue weighted by Crippen LogP contribution is 2.26. The number of rotatable bonds is 7. The first kappa shape index (κ1) is 18.2. The monoisotopic (exact) mass is 332 g/mol. The molecule has 2 nitrogen and oxygen atoms in total. The Morgan fingerprint density at radius 2 is 1.76 bits per heavy atom. The average molecular weight is 332 g/mol. The van der Waals surface area contributed by atoms with Crippen LogP contribution in [0, 0.1) is 5.92 Å². The van der Waals surface area contributed by atoms with Crippen molar-refractivity contribution in [3.63, 3.8) is 0 Å². The van der Waals surface area contributed by atoms with Crippen LogP contribution in [0.1, 0.15) is 33.6 Å². The second-order valence-corrected chi connectivity index (χ2v) is 6.85. The van der Waals surface area contributed by atoms with Crippen molar-refractivity contribution in [3.8, 4) is 0 Å². The van der Waals surface area contributed by atoms with E-state index in [0.29, 0.717) is 33.7 Å². The van der Waals surface area contributed by atoms with Crippen molar-refractivity contribution in [1.29, 1.82) is 0 Å². The zero-order chi connectivity index (χ0) is 15.8. The summed E-state index contributed by atoms with van der Waals surface area (Å²) in [6.07, 6.45) is 2.21. The molecule has 1 atom stereocenters. The van der Waals surface area contributed by atoms with E-state index < -0.39 is 5.76 Å². The Bertz CT molecular complexity index is 436. The van der Waals surface area contributed by atoms with Crippen LogP contribution in [-0.2, 0) is 0 Å². The molecule has 0 aliphatic heterocycles. The number of anilines is 1. The van der Waals surface area contributed by atoms with Gasteiger partial charge in [-0.3, -0.25) is 0 Å². The van der Waals surface area contributed by atoms with Crippen molar-refractivity contribution in [2.75, 3.05) is 5.32 Å². The van der Waals surface area contributed by atoms with E-state index >= 15 is 0 Å². The van der Waals surface area contributed by atoms with Gasteiger partial charge in [-0.15, -0.1) is 0 Å². The van der Waals surface area contributed by atoms with Gasteiger partial charge in [0.25, 0.3) is 5.76 Å². The molecular weight excluding hydrogens is 310 g/mol. The van der Waals surface area contributed by atoms with E-state index in [-0.39, 0.29) is 0 Å². The Morgan fingerprint density at radius 3 is 2.29 bits per heavy atom. The zero-order valence-corrected chi connectivity index (χ0v) is 14.2. The molecule has 21 heavy (non-hydrogen) atoms. The van der Waals surface area contributed by atoms with Crippen LogP contribution in [0.4, 0.5) is 14.5 Å². The lowest BCUT2D eigenvalue weighted by Gasteiger charge is -2.18. The van der Waals surface area contributed by atoms with Crippen molar-refractivity contribution >= 4 is 34.8 Å². The highest BCUT2D eigenvalue weighted by Gasteiger charge is 2.07. The van der Waals surface area contributed by atoms with Crippen molar-refractivity contribution < 1.29 is 8.78 Å². The van der Waals surface area contributed by atoms with Gasteiger partial charge in [0.05, 0.1) is 0 Å². The predicted molar refractivity (Wildman–Crippen MR) is 91.2 cm³/mol. The van der Waals surface area contributed by atoms with E-state index in [2.05, 4.69) is 31.4 Å². The molecule has 1 aromatic carbocycles. The maximum atomic E-state index is 12.2. The molecule has 1 rings (SSSR count). The van der Waals surface area contributed by atoms with E-state index in [9.17, 15) is 8.78 Å². The van der Waals surface area contributed by atoms with Crippen LogP contribution >= 0.6 is 24.0 Å². The van der Waals surface area contributed by atoms with Crippen LogP contribution < -0.4 is 10.6 Å². The molecule has 2 N–H and O–H groups in total. The molecular formula is C15H22F2N2S2. The van der Waals surface area contributed by atoms with Gasteiger partial charge in [-0.2, -0.15) is 8.78 Å². The molecule has 1 unspecified atom stereocenters. The Kier molecular flexibility index (Phi) is 7.96. The lowest BCUT2D eigenvalue weighted by molar-refractivity contribution is 0.252. The van der Waals surface area contributed by atoms with Crippen molar-refractivity contribution in [2.45, 2.75) is 50.3 Å². The fourth-order valence-corrected chi connectivity index (χ4v) is 2.58. The molecule has 0 saturated heterocycles. The number of hydrogen-bond acceptors (Lipinski definition) is 2. The lowest BCUT2D eigenvalue weighted by atomic mass is 10.0. The van der Waals surface area contributed by atoms with Gasteiger partial charge in [0, 0.05) is 16.6 Å². The molecule has 0 aliphatic carbocycles. The Hall–Kier alpha value is -0.880. The number of benzene rings is 1. The van der Waals surface area contributed by atoms with E-state index in [1.54, 1.807) is 24.3 Å². The molecule has 0 amide bonds. The first-order chi connectivity index (χ1) is 9.86. The van der Waals surface area contributed by atoms with Gasteiger partial charge in [0.1, 0.15) is 0 Å². The smallest absolute Gasteiger partial charge is 0.288 e. The number of halogens is 2. The van der Waals surface area contributed by atoms with Gasteiger partial charge in [-0.05, 0) is 62.2 Å². The van der Waals surface area contributed by atoms with Crippen molar-refractivity contribution in [2.24, 2.45) is 5.92 Å². The summed E-state index contributed by atoms with van der Waals surface area (Å²) < 4.78 is 24.4. The summed E-state index contributed by atoms with van der Waals surface area (Å²) in [5, 5.41) is 6.85. The third-order valence-electron chi connectivity index (χ3n) is 2.89. The summed E-state index contributed by atoms with van der Waals surface area (Å²) >= 11 is 5.78. The molecule has 0 radical (unpaired) electrons. The molecule has 0 saturated carbocycles. The number of thiocarbonyl (C=S) groups is 1. The molecule has 0 aromatic heterocycles. The molecule has 0 aliphatic rings. The molecule has 0 bridgehead atoms. The molecule has 118 valence electrons. The largest absolute Gasteiger partial charge is 0.360 e. The topological polar surface area (TPSA) is 24.1 Å². The summed E-state index contributed by atoms with van der Waals surface area (Å²) in [4.78, 5) is 0.541. The zero-order valence-electron chi connectivity index (χ0n) is 12.5. The minimum atomic E-state index is -2.40. The summed E-state index contributed by atoms with van der Waals surface area (Å²) in [6, 6.07) is 7.11. The van der Waals surface area contributed by atoms with Crippen LogP contribution in [0.2, 0.25) is 0 Å². The Labute approximate surface area is 135 Å². The number of hydrogen-bond donors (Lipinski definition) is 2. The fourth-order valence-electron chi connectivity index (χ4n) is 1.77. The van der Waals surface area contributed by atoms with Crippen LogP contribution in [0.3, 0.4) is 0 Å². The van der Waals surface area contributed by atoms with E-state index in [1.165, 1.54) is 0 Å². The van der Waals surface area contributed by atoms with Crippen LogP contribution in [0.15, 0.2) is 29.2 Å². The minimum absolute atomic E-state index is 0.307. The molecule has 1 aromatic rings. The van der Waals surface area contributed by atoms with E-state index in [4.69, 9.17) is 12.2 Å². The number of nitrogens with one attached hydrogen (secondary N) is 2. The minimum Gasteiger partial charge on any atom is -0.360 e. The normalized spacial score (nSPS) is 12.5. The molecule has 0 fully saturated rings. The Morgan fingerprint density at radius 1 is 1.14 bits per heavy atom. The summed E-state index contributed by atoms with van der Waals surface area (Å²) in [5.41, 5.74) is 0.794. The van der Waals surface area contributed by atoms with Crippen molar-refractivity contribution in [1.82, 2.24) is 5.32 Å². The Balaban J connectivity index is 2.40. The molecule has 0 spiro atoms. The summed E-state index contributed by atoms with van der Waals surface area (Å²) in [5.74, 6) is -1.72.